The van der Waals surface area contributed by atoms with Gasteiger partial charge in [-0.3, -0.25) is 25.2 Å². The van der Waals surface area contributed by atoms with Crippen LogP contribution in [0, 0.1) is 5.92 Å². The van der Waals surface area contributed by atoms with Crippen molar-refractivity contribution < 1.29 is 23.9 Å². The van der Waals surface area contributed by atoms with Crippen LogP contribution in [-0.2, 0) is 14.4 Å². The van der Waals surface area contributed by atoms with E-state index in [0.717, 1.165) is 0 Å². The number of rotatable bonds is 6. The highest BCUT2D eigenvalue weighted by molar-refractivity contribution is 6.25. The van der Waals surface area contributed by atoms with E-state index in [2.05, 4.69) is 15.8 Å². The Morgan fingerprint density at radius 1 is 1.22 bits per heavy atom. The summed E-state index contributed by atoms with van der Waals surface area (Å²) in [6.07, 6.45) is -0.325. The molecule has 1 aromatic rings. The van der Waals surface area contributed by atoms with Crippen LogP contribution >= 0.6 is 0 Å². The highest BCUT2D eigenvalue weighted by Gasteiger charge is 2.37. The van der Waals surface area contributed by atoms with Crippen LogP contribution in [0.2, 0.25) is 0 Å². The highest BCUT2D eigenvalue weighted by Crippen LogP contribution is 2.32. The lowest BCUT2D eigenvalue weighted by molar-refractivity contribution is -0.131. The standard InChI is InChI=1S/C15H17N3O5/c1-8(19)6-11(20)13-14(17-18-15(13)21)16-10-7-9(22-2)4-5-12(10)23-3/h4-5,7,13H,6H2,1-3H3,(H,16,17)(H,18,21). The fourth-order valence-corrected chi connectivity index (χ4v) is 2.15. The van der Waals surface area contributed by atoms with Gasteiger partial charge in [0.2, 0.25) is 0 Å². The summed E-state index contributed by atoms with van der Waals surface area (Å²) in [5.74, 6) is -1.39. The van der Waals surface area contributed by atoms with Crippen molar-refractivity contribution in [1.82, 2.24) is 10.9 Å². The van der Waals surface area contributed by atoms with Gasteiger partial charge in [-0.25, -0.2) is 4.99 Å². The molecule has 0 bridgehead atoms. The van der Waals surface area contributed by atoms with Crippen LogP contribution in [0.1, 0.15) is 13.3 Å². The summed E-state index contributed by atoms with van der Waals surface area (Å²) in [6.45, 7) is 1.29. The molecule has 1 heterocycles. The number of carbonyl (C=O) groups excluding carboxylic acids is 3. The van der Waals surface area contributed by atoms with Gasteiger partial charge in [0, 0.05) is 6.07 Å². The number of hydrogen-bond donors (Lipinski definition) is 2. The molecule has 23 heavy (non-hydrogen) atoms. The minimum Gasteiger partial charge on any atom is -0.497 e. The first-order valence-corrected chi connectivity index (χ1v) is 6.85. The van der Waals surface area contributed by atoms with Crippen LogP contribution in [0.3, 0.4) is 0 Å². The van der Waals surface area contributed by atoms with Gasteiger partial charge < -0.3 is 9.47 Å². The minimum absolute atomic E-state index is 0.118. The number of methoxy groups -OCH3 is 2. The predicted octanol–water partition coefficient (Wildman–Crippen LogP) is 0.533. The second-order valence-corrected chi connectivity index (χ2v) is 4.93. The number of ketones is 2. The number of nitrogens with one attached hydrogen (secondary N) is 2. The summed E-state index contributed by atoms with van der Waals surface area (Å²) >= 11 is 0. The van der Waals surface area contributed by atoms with Gasteiger partial charge >= 0.3 is 0 Å². The summed E-state index contributed by atoms with van der Waals surface area (Å²) in [5.41, 5.74) is 5.30. The Labute approximate surface area is 132 Å². The van der Waals surface area contributed by atoms with E-state index in [4.69, 9.17) is 9.47 Å². The van der Waals surface area contributed by atoms with Crippen molar-refractivity contribution in [3.63, 3.8) is 0 Å². The van der Waals surface area contributed by atoms with Gasteiger partial charge in [0.1, 0.15) is 28.8 Å². The number of ether oxygens (including phenoxy) is 2. The number of carbonyl (C=O) groups is 3. The summed E-state index contributed by atoms with van der Waals surface area (Å²) in [7, 11) is 2.99. The van der Waals surface area contributed by atoms with Crippen LogP contribution in [0.5, 0.6) is 11.5 Å². The third kappa shape index (κ3) is 3.65. The lowest BCUT2D eigenvalue weighted by Crippen LogP contribution is -2.29. The predicted molar refractivity (Wildman–Crippen MR) is 81.7 cm³/mol. The summed E-state index contributed by atoms with van der Waals surface area (Å²) < 4.78 is 10.3. The van der Waals surface area contributed by atoms with Crippen molar-refractivity contribution in [2.45, 2.75) is 13.3 Å². The fourth-order valence-electron chi connectivity index (χ4n) is 2.15. The van der Waals surface area contributed by atoms with E-state index in [1.807, 2.05) is 0 Å². The van der Waals surface area contributed by atoms with E-state index in [1.165, 1.54) is 21.1 Å². The van der Waals surface area contributed by atoms with Crippen molar-refractivity contribution >= 4 is 29.0 Å². The number of hydrogen-bond acceptors (Lipinski definition) is 6. The number of nitrogens with zero attached hydrogens (tertiary/aromatic N) is 1. The molecule has 122 valence electrons. The van der Waals surface area contributed by atoms with Gasteiger partial charge in [0.15, 0.2) is 11.7 Å². The zero-order valence-electron chi connectivity index (χ0n) is 13.0. The Morgan fingerprint density at radius 2 is 1.96 bits per heavy atom. The van der Waals surface area contributed by atoms with Gasteiger partial charge in [0.25, 0.3) is 5.91 Å². The topological polar surface area (TPSA) is 106 Å². The van der Waals surface area contributed by atoms with Crippen molar-refractivity contribution in [3.8, 4) is 11.5 Å². The first-order valence-electron chi connectivity index (χ1n) is 6.85. The first-order chi connectivity index (χ1) is 11.0. The largest absolute Gasteiger partial charge is 0.497 e. The van der Waals surface area contributed by atoms with Gasteiger partial charge in [-0.05, 0) is 19.1 Å². The zero-order valence-corrected chi connectivity index (χ0v) is 13.0. The Kier molecular flexibility index (Phi) is 4.95. The first kappa shape index (κ1) is 16.5. The summed E-state index contributed by atoms with van der Waals surface area (Å²) in [5, 5.41) is 0. The molecular weight excluding hydrogens is 302 g/mol. The molecule has 2 rings (SSSR count). The lowest BCUT2D eigenvalue weighted by Gasteiger charge is -2.09. The van der Waals surface area contributed by atoms with Gasteiger partial charge in [-0.15, -0.1) is 0 Å². The Bertz CT molecular complexity index is 684. The molecular formula is C15H17N3O5. The van der Waals surface area contributed by atoms with Crippen molar-refractivity contribution in [1.29, 1.82) is 0 Å². The number of aliphatic imine (C=N–C) groups is 1. The van der Waals surface area contributed by atoms with E-state index >= 15 is 0 Å². The molecule has 0 aliphatic carbocycles. The molecule has 0 radical (unpaired) electrons. The van der Waals surface area contributed by atoms with Crippen LogP contribution < -0.4 is 20.3 Å². The van der Waals surface area contributed by atoms with Crippen molar-refractivity contribution in [3.05, 3.63) is 18.2 Å². The second kappa shape index (κ2) is 6.91. The monoisotopic (exact) mass is 319 g/mol. The molecule has 1 aromatic carbocycles. The highest BCUT2D eigenvalue weighted by atomic mass is 16.5. The van der Waals surface area contributed by atoms with Crippen molar-refractivity contribution in [2.75, 3.05) is 14.2 Å². The van der Waals surface area contributed by atoms with E-state index in [0.29, 0.717) is 17.2 Å². The SMILES string of the molecule is COc1ccc(OC)c(N=C2NNC(=O)C2C(=O)CC(C)=O)c1. The van der Waals surface area contributed by atoms with Crippen molar-refractivity contribution in [2.24, 2.45) is 10.9 Å². The molecule has 1 saturated heterocycles. The lowest BCUT2D eigenvalue weighted by atomic mass is 9.99. The average molecular weight is 319 g/mol. The Balaban J connectivity index is 2.38. The molecule has 0 spiro atoms. The van der Waals surface area contributed by atoms with Crippen LogP contribution in [-0.4, -0.2) is 37.5 Å². The number of amides is 1. The van der Waals surface area contributed by atoms with E-state index in [-0.39, 0.29) is 18.0 Å². The zero-order chi connectivity index (χ0) is 17.0. The minimum atomic E-state index is -1.14. The van der Waals surface area contributed by atoms with Gasteiger partial charge in [-0.2, -0.15) is 0 Å². The smallest absolute Gasteiger partial charge is 0.256 e. The van der Waals surface area contributed by atoms with Gasteiger partial charge in [-0.1, -0.05) is 0 Å². The fraction of sp³-hybridized carbons (Fsp3) is 0.333. The molecule has 1 aliphatic rings. The van der Waals surface area contributed by atoms with Crippen LogP contribution in [0.4, 0.5) is 5.69 Å². The summed E-state index contributed by atoms with van der Waals surface area (Å²) in [6, 6.07) is 4.98. The molecule has 2 N–H and O–H groups in total. The molecule has 0 saturated carbocycles. The molecule has 8 nitrogen and oxygen atoms in total. The molecule has 0 aromatic heterocycles. The van der Waals surface area contributed by atoms with E-state index in [9.17, 15) is 14.4 Å². The molecule has 1 atom stereocenters. The Morgan fingerprint density at radius 3 is 2.57 bits per heavy atom. The summed E-state index contributed by atoms with van der Waals surface area (Å²) in [4.78, 5) is 39.3. The third-order valence-electron chi connectivity index (χ3n) is 3.22. The quantitative estimate of drug-likeness (QED) is 0.741. The molecule has 1 unspecified atom stereocenters. The molecule has 8 heteroatoms. The Hall–Kier alpha value is -2.90. The maximum Gasteiger partial charge on any atom is 0.256 e. The van der Waals surface area contributed by atoms with Crippen LogP contribution in [0.25, 0.3) is 0 Å². The number of amidine groups is 1. The average Bonchev–Trinajstić information content (AvgIpc) is 2.87. The normalized spacial score (nSPS) is 18.3. The second-order valence-electron chi connectivity index (χ2n) is 4.93. The van der Waals surface area contributed by atoms with Gasteiger partial charge in [0.05, 0.1) is 20.6 Å². The molecule has 1 aliphatic heterocycles. The third-order valence-corrected chi connectivity index (χ3v) is 3.22. The van der Waals surface area contributed by atoms with Crippen LogP contribution in [0.15, 0.2) is 23.2 Å². The number of benzene rings is 1. The van der Waals surface area contributed by atoms with E-state index in [1.54, 1.807) is 18.2 Å². The molecule has 1 amide bonds. The number of Topliss-reactive ketones (excluding diaryl/α,β-unsaturated/α-hetero) is 2. The maximum absolute atomic E-state index is 12.1. The molecule has 1 fully saturated rings. The number of hydrazine groups is 1. The van der Waals surface area contributed by atoms with E-state index < -0.39 is 17.6 Å². The maximum atomic E-state index is 12.1.